The molecule has 7 heteroatoms. The molecule has 2 aliphatic rings. The quantitative estimate of drug-likeness (QED) is 0.918. The Hall–Kier alpha value is -1.79. The second-order valence-electron chi connectivity index (χ2n) is 5.23. The average Bonchev–Trinajstić information content (AvgIpc) is 2.75. The van der Waals surface area contributed by atoms with Gasteiger partial charge in [-0.25, -0.2) is 4.68 Å². The lowest BCUT2D eigenvalue weighted by atomic mass is 10.1. The Kier molecular flexibility index (Phi) is 3.20. The second kappa shape index (κ2) is 5.20. The van der Waals surface area contributed by atoms with Crippen LogP contribution in [0.25, 0.3) is 11.3 Å². The van der Waals surface area contributed by atoms with E-state index in [0.29, 0.717) is 35.8 Å². The van der Waals surface area contributed by atoms with Gasteiger partial charge in [0.05, 0.1) is 30.5 Å². The molecule has 4 rings (SSSR count). The van der Waals surface area contributed by atoms with Crippen LogP contribution in [0.5, 0.6) is 11.5 Å². The summed E-state index contributed by atoms with van der Waals surface area (Å²) in [5, 5.41) is 12.2. The van der Waals surface area contributed by atoms with E-state index in [1.807, 2.05) is 23.0 Å². The fourth-order valence-corrected chi connectivity index (χ4v) is 2.69. The zero-order valence-electron chi connectivity index (χ0n) is 11.4. The molecule has 0 saturated carbocycles. The van der Waals surface area contributed by atoms with Gasteiger partial charge in [-0.2, -0.15) is 0 Å². The van der Waals surface area contributed by atoms with E-state index < -0.39 is 0 Å². The Morgan fingerprint density at radius 3 is 2.90 bits per heavy atom. The van der Waals surface area contributed by atoms with Crippen LogP contribution in [-0.4, -0.2) is 41.3 Å². The molecule has 3 heterocycles. The van der Waals surface area contributed by atoms with Gasteiger partial charge in [0.15, 0.2) is 11.5 Å². The van der Waals surface area contributed by atoms with Crippen LogP contribution in [0.1, 0.15) is 12.5 Å². The second-order valence-corrected chi connectivity index (χ2v) is 5.64. The van der Waals surface area contributed by atoms with Crippen molar-refractivity contribution in [2.45, 2.75) is 12.5 Å². The van der Waals surface area contributed by atoms with Gasteiger partial charge >= 0.3 is 0 Å². The maximum Gasteiger partial charge on any atom is 0.179 e. The van der Waals surface area contributed by atoms with Crippen molar-refractivity contribution in [1.82, 2.24) is 20.3 Å². The highest BCUT2D eigenvalue weighted by Gasteiger charge is 2.21. The smallest absolute Gasteiger partial charge is 0.179 e. The number of aromatic nitrogens is 3. The van der Waals surface area contributed by atoms with Gasteiger partial charge in [-0.15, -0.1) is 5.10 Å². The van der Waals surface area contributed by atoms with Gasteiger partial charge in [0.2, 0.25) is 0 Å². The van der Waals surface area contributed by atoms with Crippen molar-refractivity contribution in [1.29, 1.82) is 0 Å². The number of rotatable bonds is 2. The third-order valence-corrected chi connectivity index (χ3v) is 4.02. The molecule has 1 aromatic carbocycles. The summed E-state index contributed by atoms with van der Waals surface area (Å²) in [4.78, 5) is 0. The van der Waals surface area contributed by atoms with Crippen molar-refractivity contribution in [3.8, 4) is 22.8 Å². The van der Waals surface area contributed by atoms with E-state index in [-0.39, 0.29) is 0 Å². The predicted octanol–water partition coefficient (Wildman–Crippen LogP) is 1.90. The van der Waals surface area contributed by atoms with Crippen LogP contribution in [0.15, 0.2) is 18.3 Å². The van der Waals surface area contributed by atoms with Crippen molar-refractivity contribution in [3.63, 3.8) is 0 Å². The molecule has 1 fully saturated rings. The summed E-state index contributed by atoms with van der Waals surface area (Å²) in [5.74, 6) is 1.29. The number of nitrogens with zero attached hydrogens (tertiary/aromatic N) is 3. The van der Waals surface area contributed by atoms with Crippen LogP contribution >= 0.6 is 11.6 Å². The predicted molar refractivity (Wildman–Crippen MR) is 78.0 cm³/mol. The van der Waals surface area contributed by atoms with Crippen LogP contribution in [-0.2, 0) is 0 Å². The highest BCUT2D eigenvalue weighted by atomic mass is 35.5. The lowest BCUT2D eigenvalue weighted by molar-refractivity contribution is 0.297. The summed E-state index contributed by atoms with van der Waals surface area (Å²) in [6.07, 6.45) is 2.80. The van der Waals surface area contributed by atoms with Crippen molar-refractivity contribution in [2.24, 2.45) is 0 Å². The third-order valence-electron chi connectivity index (χ3n) is 3.74. The highest BCUT2D eigenvalue weighted by Crippen LogP contribution is 2.40. The Labute approximate surface area is 127 Å². The molecule has 2 aliphatic heterocycles. The first kappa shape index (κ1) is 12.9. The van der Waals surface area contributed by atoms with Crippen LogP contribution in [0.4, 0.5) is 0 Å². The topological polar surface area (TPSA) is 61.2 Å². The molecule has 110 valence electrons. The maximum absolute atomic E-state index is 6.31. The lowest BCUT2D eigenvalue weighted by Crippen LogP contribution is -2.43. The molecule has 0 unspecified atom stereocenters. The van der Waals surface area contributed by atoms with Gasteiger partial charge in [-0.1, -0.05) is 16.8 Å². The van der Waals surface area contributed by atoms with Gasteiger partial charge in [-0.3, -0.25) is 0 Å². The number of hydrogen-bond donors (Lipinski definition) is 1. The molecule has 0 bridgehead atoms. The van der Waals surface area contributed by atoms with Crippen molar-refractivity contribution >= 4 is 11.6 Å². The van der Waals surface area contributed by atoms with Crippen molar-refractivity contribution in [2.75, 3.05) is 26.3 Å². The minimum absolute atomic E-state index is 0.391. The van der Waals surface area contributed by atoms with E-state index in [9.17, 15) is 0 Å². The van der Waals surface area contributed by atoms with Gasteiger partial charge < -0.3 is 14.8 Å². The number of benzene rings is 1. The van der Waals surface area contributed by atoms with Crippen molar-refractivity contribution in [3.05, 3.63) is 23.4 Å². The molecule has 0 amide bonds. The van der Waals surface area contributed by atoms with E-state index in [1.54, 1.807) is 0 Å². The third kappa shape index (κ3) is 2.34. The average molecular weight is 307 g/mol. The van der Waals surface area contributed by atoms with Gasteiger partial charge in [0.25, 0.3) is 0 Å². The molecule has 1 N–H and O–H groups in total. The van der Waals surface area contributed by atoms with E-state index in [0.717, 1.165) is 30.8 Å². The van der Waals surface area contributed by atoms with Gasteiger partial charge in [0, 0.05) is 25.1 Å². The van der Waals surface area contributed by atoms with E-state index in [2.05, 4.69) is 15.6 Å². The van der Waals surface area contributed by atoms with Crippen LogP contribution in [0, 0.1) is 0 Å². The minimum atomic E-state index is 0.391. The van der Waals surface area contributed by atoms with Crippen LogP contribution in [0.3, 0.4) is 0 Å². The number of hydrogen-bond acceptors (Lipinski definition) is 5. The molecule has 0 spiro atoms. The molecule has 0 aliphatic carbocycles. The number of halogens is 1. The molecule has 1 aromatic heterocycles. The number of nitrogens with one attached hydrogen (secondary N) is 1. The summed E-state index contributed by atoms with van der Waals surface area (Å²) in [7, 11) is 0. The SMILES string of the molecule is Clc1cc(-c2cn(C3CNC3)nn2)cc2c1OCCCO2. The van der Waals surface area contributed by atoms with E-state index >= 15 is 0 Å². The molecular formula is C14H15ClN4O2. The summed E-state index contributed by atoms with van der Waals surface area (Å²) in [6, 6.07) is 4.16. The van der Waals surface area contributed by atoms with E-state index in [1.165, 1.54) is 0 Å². The highest BCUT2D eigenvalue weighted by molar-refractivity contribution is 6.32. The molecule has 2 aromatic rings. The van der Waals surface area contributed by atoms with Crippen LogP contribution < -0.4 is 14.8 Å². The van der Waals surface area contributed by atoms with Gasteiger partial charge in [0.1, 0.15) is 5.69 Å². The fraction of sp³-hybridized carbons (Fsp3) is 0.429. The Bertz CT molecular complexity index is 669. The molecule has 0 radical (unpaired) electrons. The first-order valence-corrected chi connectivity index (χ1v) is 7.41. The summed E-state index contributed by atoms with van der Waals surface area (Å²) in [5.41, 5.74) is 1.68. The van der Waals surface area contributed by atoms with Crippen LogP contribution in [0.2, 0.25) is 5.02 Å². The summed E-state index contributed by atoms with van der Waals surface area (Å²) >= 11 is 6.31. The first-order chi connectivity index (χ1) is 10.3. The Morgan fingerprint density at radius 2 is 2.10 bits per heavy atom. The fourth-order valence-electron chi connectivity index (χ4n) is 2.43. The maximum atomic E-state index is 6.31. The summed E-state index contributed by atoms with van der Waals surface area (Å²) in [6.45, 7) is 3.12. The standard InChI is InChI=1S/C14H15ClN4O2/c15-11-4-9(5-13-14(11)21-3-1-2-20-13)12-8-19(18-17-12)10-6-16-7-10/h4-5,8,10,16H,1-3,6-7H2. The largest absolute Gasteiger partial charge is 0.489 e. The first-order valence-electron chi connectivity index (χ1n) is 7.03. The molecule has 6 nitrogen and oxygen atoms in total. The minimum Gasteiger partial charge on any atom is -0.489 e. The Morgan fingerprint density at radius 1 is 1.24 bits per heavy atom. The zero-order valence-corrected chi connectivity index (χ0v) is 12.1. The van der Waals surface area contributed by atoms with Crippen molar-refractivity contribution < 1.29 is 9.47 Å². The summed E-state index contributed by atoms with van der Waals surface area (Å²) < 4.78 is 13.2. The number of ether oxygens (including phenoxy) is 2. The van der Waals surface area contributed by atoms with Gasteiger partial charge in [-0.05, 0) is 12.1 Å². The normalized spacial score (nSPS) is 18.1. The Balaban J connectivity index is 1.69. The molecular weight excluding hydrogens is 292 g/mol. The van der Waals surface area contributed by atoms with E-state index in [4.69, 9.17) is 21.1 Å². The lowest BCUT2D eigenvalue weighted by Gasteiger charge is -2.26. The molecule has 21 heavy (non-hydrogen) atoms. The zero-order chi connectivity index (χ0) is 14.2. The number of fused-ring (bicyclic) bond motifs is 1. The monoisotopic (exact) mass is 306 g/mol. The molecule has 1 saturated heterocycles. The molecule has 0 atom stereocenters.